The minimum Gasteiger partial charge on any atom is -0.496 e. The van der Waals surface area contributed by atoms with E-state index in [2.05, 4.69) is 48.1 Å². The van der Waals surface area contributed by atoms with Gasteiger partial charge in [-0.1, -0.05) is 13.8 Å². The summed E-state index contributed by atoms with van der Waals surface area (Å²) in [6, 6.07) is 10.5. The molecule has 32 heavy (non-hydrogen) atoms. The molecule has 0 unspecified atom stereocenters. The standard InChI is InChI=1S/C25H33N5O2/c1-17(2)9-10-26-14-21-13-19(6-8-23(21)31-4)22-7-5-20-15-27-25(29-24(20)28-22)30-11-12-32-16-18(30)3/h5-8,13,15,17-18,26H,9-12,14,16H2,1-4H3/t18-/m0/s1. The average Bonchev–Trinajstić information content (AvgIpc) is 2.81. The minimum atomic E-state index is 0.247. The summed E-state index contributed by atoms with van der Waals surface area (Å²) in [4.78, 5) is 16.4. The Hall–Kier alpha value is -2.77. The quantitative estimate of drug-likeness (QED) is 0.535. The van der Waals surface area contributed by atoms with E-state index in [0.29, 0.717) is 30.7 Å². The summed E-state index contributed by atoms with van der Waals surface area (Å²) in [5.74, 6) is 2.28. The molecule has 7 heteroatoms. The maximum Gasteiger partial charge on any atom is 0.227 e. The minimum absolute atomic E-state index is 0.247. The lowest BCUT2D eigenvalue weighted by molar-refractivity contribution is 0.0981. The van der Waals surface area contributed by atoms with Gasteiger partial charge in [0.25, 0.3) is 0 Å². The second-order valence-corrected chi connectivity index (χ2v) is 8.78. The van der Waals surface area contributed by atoms with Crippen LogP contribution in [0.4, 0.5) is 5.95 Å². The lowest BCUT2D eigenvalue weighted by Gasteiger charge is -2.33. The fraction of sp³-hybridized carbons (Fsp3) is 0.480. The smallest absolute Gasteiger partial charge is 0.227 e. The summed E-state index contributed by atoms with van der Waals surface area (Å²) in [7, 11) is 1.71. The van der Waals surface area contributed by atoms with Crippen LogP contribution in [0.15, 0.2) is 36.5 Å². The van der Waals surface area contributed by atoms with Crippen LogP contribution in [0.3, 0.4) is 0 Å². The molecule has 1 aliphatic rings. The Kier molecular flexibility index (Phi) is 7.17. The van der Waals surface area contributed by atoms with Crippen molar-refractivity contribution in [3.63, 3.8) is 0 Å². The van der Waals surface area contributed by atoms with E-state index in [4.69, 9.17) is 19.4 Å². The number of hydrogen-bond acceptors (Lipinski definition) is 7. The third-order valence-corrected chi connectivity index (χ3v) is 5.84. The number of methoxy groups -OCH3 is 1. The summed E-state index contributed by atoms with van der Waals surface area (Å²) in [6.07, 6.45) is 3.01. The largest absolute Gasteiger partial charge is 0.496 e. The first-order valence-electron chi connectivity index (χ1n) is 11.4. The van der Waals surface area contributed by atoms with Crippen molar-refractivity contribution in [2.75, 3.05) is 38.3 Å². The maximum atomic E-state index is 5.58. The zero-order valence-corrected chi connectivity index (χ0v) is 19.5. The van der Waals surface area contributed by atoms with Gasteiger partial charge in [-0.05, 0) is 56.1 Å². The number of anilines is 1. The molecule has 3 heterocycles. The van der Waals surface area contributed by atoms with Gasteiger partial charge in [-0.25, -0.2) is 9.97 Å². The molecule has 2 aromatic heterocycles. The molecule has 1 N–H and O–H groups in total. The van der Waals surface area contributed by atoms with Crippen molar-refractivity contribution in [1.82, 2.24) is 20.3 Å². The predicted octanol–water partition coefficient (Wildman–Crippen LogP) is 4.06. The fourth-order valence-corrected chi connectivity index (χ4v) is 3.91. The van der Waals surface area contributed by atoms with E-state index in [1.165, 1.54) is 0 Å². The Morgan fingerprint density at radius 1 is 1.22 bits per heavy atom. The number of nitrogens with one attached hydrogen (secondary N) is 1. The Morgan fingerprint density at radius 2 is 2.09 bits per heavy atom. The molecule has 1 fully saturated rings. The zero-order chi connectivity index (χ0) is 22.5. The van der Waals surface area contributed by atoms with Crippen LogP contribution >= 0.6 is 0 Å². The monoisotopic (exact) mass is 435 g/mol. The van der Waals surface area contributed by atoms with Crippen molar-refractivity contribution in [3.8, 4) is 17.0 Å². The highest BCUT2D eigenvalue weighted by Crippen LogP contribution is 2.27. The normalized spacial score (nSPS) is 16.7. The van der Waals surface area contributed by atoms with Crippen LogP contribution in [-0.2, 0) is 11.3 Å². The van der Waals surface area contributed by atoms with Crippen molar-refractivity contribution < 1.29 is 9.47 Å². The lowest BCUT2D eigenvalue weighted by atomic mass is 10.1. The molecule has 0 amide bonds. The number of hydrogen-bond donors (Lipinski definition) is 1. The van der Waals surface area contributed by atoms with Crippen LogP contribution in [0.2, 0.25) is 0 Å². The van der Waals surface area contributed by atoms with Crippen molar-refractivity contribution in [1.29, 1.82) is 0 Å². The fourth-order valence-electron chi connectivity index (χ4n) is 3.91. The number of aromatic nitrogens is 3. The van der Waals surface area contributed by atoms with Crippen LogP contribution < -0.4 is 15.0 Å². The average molecular weight is 436 g/mol. The van der Waals surface area contributed by atoms with E-state index in [1.54, 1.807) is 7.11 Å². The number of benzene rings is 1. The number of pyridine rings is 1. The second-order valence-electron chi connectivity index (χ2n) is 8.78. The molecule has 0 bridgehead atoms. The van der Waals surface area contributed by atoms with Crippen molar-refractivity contribution >= 4 is 17.0 Å². The first-order chi connectivity index (χ1) is 15.5. The Labute approximate surface area is 190 Å². The molecule has 0 saturated carbocycles. The number of nitrogens with zero attached hydrogens (tertiary/aromatic N) is 4. The third-order valence-electron chi connectivity index (χ3n) is 5.84. The van der Waals surface area contributed by atoms with Crippen LogP contribution in [0.5, 0.6) is 5.75 Å². The maximum absolute atomic E-state index is 5.58. The van der Waals surface area contributed by atoms with E-state index < -0.39 is 0 Å². The van der Waals surface area contributed by atoms with Crippen LogP contribution in [0.25, 0.3) is 22.3 Å². The van der Waals surface area contributed by atoms with E-state index in [-0.39, 0.29) is 6.04 Å². The highest BCUT2D eigenvalue weighted by molar-refractivity contribution is 5.78. The summed E-state index contributed by atoms with van der Waals surface area (Å²) in [6.45, 7) is 10.5. The molecule has 170 valence electrons. The first-order valence-corrected chi connectivity index (χ1v) is 11.4. The zero-order valence-electron chi connectivity index (χ0n) is 19.5. The molecule has 1 aliphatic heterocycles. The number of fused-ring (bicyclic) bond motifs is 1. The van der Waals surface area contributed by atoms with Gasteiger partial charge < -0.3 is 19.7 Å². The van der Waals surface area contributed by atoms with E-state index in [9.17, 15) is 0 Å². The predicted molar refractivity (Wildman–Crippen MR) is 128 cm³/mol. The van der Waals surface area contributed by atoms with Gasteiger partial charge in [0.15, 0.2) is 5.65 Å². The number of morpholine rings is 1. The van der Waals surface area contributed by atoms with Crippen molar-refractivity contribution in [2.24, 2.45) is 5.92 Å². The molecular weight excluding hydrogens is 402 g/mol. The molecule has 1 aromatic carbocycles. The molecule has 4 rings (SSSR count). The van der Waals surface area contributed by atoms with E-state index >= 15 is 0 Å². The lowest BCUT2D eigenvalue weighted by Crippen LogP contribution is -2.44. The van der Waals surface area contributed by atoms with Crippen molar-refractivity contribution in [2.45, 2.75) is 39.8 Å². The molecule has 3 aromatic rings. The van der Waals surface area contributed by atoms with Gasteiger partial charge in [-0.3, -0.25) is 0 Å². The highest BCUT2D eigenvalue weighted by Gasteiger charge is 2.21. The molecular formula is C25H33N5O2. The molecule has 1 saturated heterocycles. The summed E-state index contributed by atoms with van der Waals surface area (Å²) in [5, 5.41) is 4.46. The van der Waals surface area contributed by atoms with E-state index in [0.717, 1.165) is 54.0 Å². The Bertz CT molecular complexity index is 1060. The topological polar surface area (TPSA) is 72.4 Å². The molecule has 7 nitrogen and oxygen atoms in total. The molecule has 0 radical (unpaired) electrons. The van der Waals surface area contributed by atoms with Gasteiger partial charge in [-0.2, -0.15) is 4.98 Å². The number of ether oxygens (including phenoxy) is 2. The van der Waals surface area contributed by atoms with Gasteiger partial charge in [0, 0.05) is 35.8 Å². The van der Waals surface area contributed by atoms with Crippen LogP contribution in [0, 0.1) is 5.92 Å². The van der Waals surface area contributed by atoms with Crippen molar-refractivity contribution in [3.05, 3.63) is 42.1 Å². The highest BCUT2D eigenvalue weighted by atomic mass is 16.5. The van der Waals surface area contributed by atoms with E-state index in [1.807, 2.05) is 24.4 Å². The summed E-state index contributed by atoms with van der Waals surface area (Å²) >= 11 is 0. The van der Waals surface area contributed by atoms with Gasteiger partial charge in [-0.15, -0.1) is 0 Å². The van der Waals surface area contributed by atoms with Gasteiger partial charge in [0.05, 0.1) is 32.1 Å². The van der Waals surface area contributed by atoms with Crippen LogP contribution in [-0.4, -0.2) is 54.4 Å². The van der Waals surface area contributed by atoms with Gasteiger partial charge >= 0.3 is 0 Å². The third kappa shape index (κ3) is 5.16. The second kappa shape index (κ2) is 10.2. The molecule has 0 aliphatic carbocycles. The first kappa shape index (κ1) is 22.4. The van der Waals surface area contributed by atoms with Gasteiger partial charge in [0.1, 0.15) is 5.75 Å². The summed E-state index contributed by atoms with van der Waals surface area (Å²) < 4.78 is 11.1. The molecule has 0 spiro atoms. The Balaban J connectivity index is 1.60. The molecule has 1 atom stereocenters. The van der Waals surface area contributed by atoms with Gasteiger partial charge in [0.2, 0.25) is 5.95 Å². The van der Waals surface area contributed by atoms with Crippen LogP contribution in [0.1, 0.15) is 32.8 Å². The number of rotatable bonds is 8. The Morgan fingerprint density at radius 3 is 2.88 bits per heavy atom. The SMILES string of the molecule is COc1ccc(-c2ccc3cnc(N4CCOC[C@@H]4C)nc3n2)cc1CNCCC(C)C. The summed E-state index contributed by atoms with van der Waals surface area (Å²) in [5.41, 5.74) is 3.77.